The van der Waals surface area contributed by atoms with Crippen LogP contribution in [0.25, 0.3) is 0 Å². The van der Waals surface area contributed by atoms with Gasteiger partial charge in [-0.1, -0.05) is 91.0 Å². The molecule has 2 N–H and O–H groups in total. The minimum absolute atomic E-state index is 0.421. The number of hydrogen-bond acceptors (Lipinski definition) is 4. The molecular formula is C26H23F3N2O2. The second kappa shape index (κ2) is 8.01. The fraction of sp³-hybridized carbons (Fsp3) is 0.269. The molecule has 0 amide bonds. The van der Waals surface area contributed by atoms with Crippen molar-refractivity contribution in [2.24, 2.45) is 0 Å². The molecule has 0 aromatic heterocycles. The molecule has 33 heavy (non-hydrogen) atoms. The van der Waals surface area contributed by atoms with Crippen LogP contribution in [-0.2, 0) is 14.9 Å². The number of carbonyl (C=O) groups excluding carboxylic acids is 1. The molecule has 2 aliphatic rings. The summed E-state index contributed by atoms with van der Waals surface area (Å²) in [5, 5.41) is 6.64. The highest BCUT2D eigenvalue weighted by Gasteiger charge is 2.68. The highest BCUT2D eigenvalue weighted by Crippen LogP contribution is 2.59. The van der Waals surface area contributed by atoms with Gasteiger partial charge in [0.25, 0.3) is 0 Å². The molecule has 0 spiro atoms. The van der Waals surface area contributed by atoms with E-state index >= 15 is 0 Å². The summed E-state index contributed by atoms with van der Waals surface area (Å²) in [6.07, 6.45) is -3.97. The molecular weight excluding hydrogens is 429 g/mol. The van der Waals surface area contributed by atoms with Crippen molar-refractivity contribution in [1.82, 2.24) is 10.6 Å². The largest absolute Gasteiger partial charge is 0.491 e. The van der Waals surface area contributed by atoms with Crippen molar-refractivity contribution in [1.29, 1.82) is 0 Å². The third kappa shape index (κ3) is 3.81. The number of halogens is 3. The Bertz CT molecular complexity index is 1070. The molecule has 2 unspecified atom stereocenters. The van der Waals surface area contributed by atoms with Crippen LogP contribution in [0.5, 0.6) is 0 Å². The van der Waals surface area contributed by atoms with Crippen LogP contribution in [0.1, 0.15) is 41.6 Å². The number of ether oxygens (including phenoxy) is 1. The lowest BCUT2D eigenvalue weighted by Crippen LogP contribution is -2.62. The summed E-state index contributed by atoms with van der Waals surface area (Å²) >= 11 is 0. The molecule has 170 valence electrons. The summed E-state index contributed by atoms with van der Waals surface area (Å²) in [5.41, 5.74) is 1.76. The van der Waals surface area contributed by atoms with Gasteiger partial charge in [-0.2, -0.15) is 13.2 Å². The van der Waals surface area contributed by atoms with Gasteiger partial charge < -0.3 is 4.74 Å². The smallest absolute Gasteiger partial charge is 0.423 e. The van der Waals surface area contributed by atoms with Crippen molar-refractivity contribution in [2.45, 2.75) is 42.4 Å². The van der Waals surface area contributed by atoms with Crippen LogP contribution in [0, 0.1) is 0 Å². The SMILES string of the molecule is O=C(OC1(C2(c3ccccc3)CC2)NC(c2ccccc2)C(c2ccccc2)N1)C(F)(F)F. The molecule has 5 rings (SSSR count). The van der Waals surface area contributed by atoms with E-state index in [9.17, 15) is 18.0 Å². The van der Waals surface area contributed by atoms with Crippen LogP contribution in [0.3, 0.4) is 0 Å². The summed E-state index contributed by atoms with van der Waals surface area (Å²) in [6.45, 7) is 0. The lowest BCUT2D eigenvalue weighted by molar-refractivity contribution is -0.223. The Labute approximate surface area is 189 Å². The quantitative estimate of drug-likeness (QED) is 0.526. The molecule has 7 heteroatoms. The van der Waals surface area contributed by atoms with E-state index in [1.165, 1.54) is 0 Å². The molecule has 3 aromatic carbocycles. The number of esters is 1. The monoisotopic (exact) mass is 452 g/mol. The van der Waals surface area contributed by atoms with Crippen LogP contribution >= 0.6 is 0 Å². The van der Waals surface area contributed by atoms with Gasteiger partial charge in [-0.05, 0) is 29.5 Å². The number of benzene rings is 3. The molecule has 1 saturated carbocycles. The van der Waals surface area contributed by atoms with E-state index in [0.717, 1.165) is 16.7 Å². The molecule has 2 fully saturated rings. The first-order valence-electron chi connectivity index (χ1n) is 10.9. The Hall–Kier alpha value is -3.16. The maximum Gasteiger partial charge on any atom is 0.491 e. The first kappa shape index (κ1) is 21.7. The first-order valence-corrected chi connectivity index (χ1v) is 10.9. The third-order valence-electron chi connectivity index (χ3n) is 6.60. The number of alkyl halides is 3. The molecule has 0 bridgehead atoms. The van der Waals surface area contributed by atoms with Crippen LogP contribution in [0.2, 0.25) is 0 Å². The molecule has 2 atom stereocenters. The Morgan fingerprint density at radius 3 is 1.58 bits per heavy atom. The summed E-state index contributed by atoms with van der Waals surface area (Å²) < 4.78 is 45.5. The van der Waals surface area contributed by atoms with Crippen LogP contribution in [-0.4, -0.2) is 18.0 Å². The van der Waals surface area contributed by atoms with Crippen molar-refractivity contribution >= 4 is 5.97 Å². The van der Waals surface area contributed by atoms with Crippen molar-refractivity contribution in [3.8, 4) is 0 Å². The average molecular weight is 452 g/mol. The van der Waals surface area contributed by atoms with Crippen molar-refractivity contribution < 1.29 is 22.7 Å². The standard InChI is InChI=1S/C26H23F3N2O2/c27-25(28,29)23(32)33-26(24(16-17-24)20-14-8-3-9-15-20)30-21(18-10-4-1-5-11-18)22(31-26)19-12-6-2-7-13-19/h1-15,21-22,30-31H,16-17H2. The number of rotatable bonds is 5. The van der Waals surface area contributed by atoms with E-state index in [0.29, 0.717) is 12.8 Å². The van der Waals surface area contributed by atoms with E-state index in [4.69, 9.17) is 4.74 Å². The van der Waals surface area contributed by atoms with Gasteiger partial charge in [0.1, 0.15) is 0 Å². The zero-order valence-corrected chi connectivity index (χ0v) is 17.7. The van der Waals surface area contributed by atoms with Gasteiger partial charge in [-0.15, -0.1) is 0 Å². The Balaban J connectivity index is 1.64. The van der Waals surface area contributed by atoms with Crippen LogP contribution < -0.4 is 10.6 Å². The molecule has 1 heterocycles. The van der Waals surface area contributed by atoms with E-state index in [1.807, 2.05) is 91.0 Å². The summed E-state index contributed by atoms with van der Waals surface area (Å²) in [6, 6.07) is 27.4. The van der Waals surface area contributed by atoms with E-state index < -0.39 is 35.5 Å². The molecule has 3 aromatic rings. The summed E-state index contributed by atoms with van der Waals surface area (Å²) in [7, 11) is 0. The third-order valence-corrected chi connectivity index (χ3v) is 6.60. The Kier molecular flexibility index (Phi) is 5.26. The van der Waals surface area contributed by atoms with Gasteiger partial charge in [-0.25, -0.2) is 4.79 Å². The van der Waals surface area contributed by atoms with Gasteiger partial charge in [-0.3, -0.25) is 10.6 Å². The van der Waals surface area contributed by atoms with Gasteiger partial charge in [0, 0.05) is 0 Å². The second-order valence-corrected chi connectivity index (χ2v) is 8.58. The van der Waals surface area contributed by atoms with Crippen LogP contribution in [0.4, 0.5) is 13.2 Å². The van der Waals surface area contributed by atoms with E-state index in [1.54, 1.807) is 0 Å². The van der Waals surface area contributed by atoms with Crippen molar-refractivity contribution in [2.75, 3.05) is 0 Å². The van der Waals surface area contributed by atoms with Gasteiger partial charge in [0.05, 0.1) is 17.5 Å². The minimum atomic E-state index is -5.11. The topological polar surface area (TPSA) is 50.4 Å². The predicted octanol–water partition coefficient (Wildman–Crippen LogP) is 5.15. The van der Waals surface area contributed by atoms with Gasteiger partial charge >= 0.3 is 12.1 Å². The minimum Gasteiger partial charge on any atom is -0.423 e. The summed E-state index contributed by atoms with van der Waals surface area (Å²) in [4.78, 5) is 12.2. The zero-order chi connectivity index (χ0) is 23.1. The van der Waals surface area contributed by atoms with E-state index in [2.05, 4.69) is 10.6 Å². The molecule has 0 radical (unpaired) electrons. The molecule has 1 aliphatic carbocycles. The lowest BCUT2D eigenvalue weighted by Gasteiger charge is -2.38. The Morgan fingerprint density at radius 1 is 0.758 bits per heavy atom. The van der Waals surface area contributed by atoms with Crippen molar-refractivity contribution in [3.05, 3.63) is 108 Å². The predicted molar refractivity (Wildman–Crippen MR) is 117 cm³/mol. The summed E-state index contributed by atoms with van der Waals surface area (Å²) in [5.74, 6) is -3.95. The van der Waals surface area contributed by atoms with Crippen LogP contribution in [0.15, 0.2) is 91.0 Å². The zero-order valence-electron chi connectivity index (χ0n) is 17.7. The van der Waals surface area contributed by atoms with Crippen molar-refractivity contribution in [3.63, 3.8) is 0 Å². The fourth-order valence-corrected chi connectivity index (χ4v) is 4.87. The van der Waals surface area contributed by atoms with E-state index in [-0.39, 0.29) is 0 Å². The maximum absolute atomic E-state index is 13.4. The van der Waals surface area contributed by atoms with Gasteiger partial charge in [0.2, 0.25) is 5.85 Å². The molecule has 1 saturated heterocycles. The number of nitrogens with one attached hydrogen (secondary N) is 2. The molecule has 4 nitrogen and oxygen atoms in total. The normalized spacial score (nSPS) is 26.0. The fourth-order valence-electron chi connectivity index (χ4n) is 4.87. The molecule has 1 aliphatic heterocycles. The maximum atomic E-state index is 13.4. The van der Waals surface area contributed by atoms with Gasteiger partial charge in [0.15, 0.2) is 0 Å². The lowest BCUT2D eigenvalue weighted by atomic mass is 9.89. The Morgan fingerprint density at radius 2 is 1.18 bits per heavy atom. The average Bonchev–Trinajstić information content (AvgIpc) is 3.57. The highest BCUT2D eigenvalue weighted by atomic mass is 19.4. The highest BCUT2D eigenvalue weighted by molar-refractivity contribution is 5.76. The first-order chi connectivity index (χ1) is 15.8. The number of hydrogen-bond donors (Lipinski definition) is 2. The second-order valence-electron chi connectivity index (χ2n) is 8.58. The number of carbonyl (C=O) groups is 1.